The molecule has 0 saturated heterocycles. The second kappa shape index (κ2) is 7.78. The Morgan fingerprint density at radius 1 is 1.32 bits per heavy atom. The second-order valence-corrected chi connectivity index (χ2v) is 6.90. The van der Waals surface area contributed by atoms with Gasteiger partial charge in [-0.25, -0.2) is 4.98 Å². The van der Waals surface area contributed by atoms with Crippen LogP contribution in [-0.2, 0) is 11.4 Å². The third-order valence-corrected chi connectivity index (χ3v) is 5.12. The summed E-state index contributed by atoms with van der Waals surface area (Å²) >= 11 is 0. The maximum absolute atomic E-state index is 11.7. The largest absolute Gasteiger partial charge is 0.390 e. The topological polar surface area (TPSA) is 90.9 Å². The number of aliphatic hydroxyl groups is 1. The van der Waals surface area contributed by atoms with Crippen molar-refractivity contribution in [1.29, 1.82) is 0 Å². The van der Waals surface area contributed by atoms with E-state index in [0.29, 0.717) is 5.69 Å². The van der Waals surface area contributed by atoms with Crippen LogP contribution in [0.3, 0.4) is 0 Å². The van der Waals surface area contributed by atoms with Gasteiger partial charge in [0.2, 0.25) is 5.91 Å². The number of carbonyl (C=O) groups excluding carboxylic acids is 1. The summed E-state index contributed by atoms with van der Waals surface area (Å²) in [6.45, 7) is 3.46. The van der Waals surface area contributed by atoms with Gasteiger partial charge in [0.15, 0.2) is 0 Å². The van der Waals surface area contributed by atoms with Gasteiger partial charge in [-0.15, -0.1) is 0 Å². The number of nitrogens with zero attached hydrogens (tertiary/aromatic N) is 2. The molecule has 3 aromatic rings. The zero-order valence-electron chi connectivity index (χ0n) is 15.5. The molecule has 1 aliphatic carbocycles. The fraction of sp³-hybridized carbons (Fsp3) is 0.227. The number of aromatic nitrogens is 3. The average Bonchev–Trinajstić information content (AvgIpc) is 3.18. The van der Waals surface area contributed by atoms with Crippen molar-refractivity contribution in [2.24, 2.45) is 0 Å². The second-order valence-electron chi connectivity index (χ2n) is 6.90. The lowest BCUT2D eigenvalue weighted by molar-refractivity contribution is -0.117. The maximum atomic E-state index is 11.7. The van der Waals surface area contributed by atoms with Gasteiger partial charge in [0.25, 0.3) is 0 Å². The van der Waals surface area contributed by atoms with E-state index in [-0.39, 0.29) is 18.6 Å². The molecule has 6 nitrogen and oxygen atoms in total. The molecule has 3 aromatic heterocycles. The highest BCUT2D eigenvalue weighted by molar-refractivity contribution is 6.01. The molecule has 0 aliphatic heterocycles. The first-order valence-electron chi connectivity index (χ1n) is 9.34. The Bertz CT molecular complexity index is 1050. The molecule has 6 heteroatoms. The minimum absolute atomic E-state index is 0.0777. The summed E-state index contributed by atoms with van der Waals surface area (Å²) in [4.78, 5) is 23.7. The predicted molar refractivity (Wildman–Crippen MR) is 109 cm³/mol. The van der Waals surface area contributed by atoms with E-state index < -0.39 is 0 Å². The number of rotatable bonds is 5. The van der Waals surface area contributed by atoms with Crippen LogP contribution < -0.4 is 5.32 Å². The van der Waals surface area contributed by atoms with Crippen LogP contribution in [0.1, 0.15) is 30.5 Å². The lowest BCUT2D eigenvalue weighted by Crippen LogP contribution is -2.34. The Morgan fingerprint density at radius 2 is 2.21 bits per heavy atom. The number of nitrogens with one attached hydrogen (secondary N) is 2. The van der Waals surface area contributed by atoms with Crippen LogP contribution in [0.4, 0.5) is 0 Å². The summed E-state index contributed by atoms with van der Waals surface area (Å²) in [5.74, 6) is -0.136. The molecular weight excluding hydrogens is 352 g/mol. The van der Waals surface area contributed by atoms with Gasteiger partial charge in [-0.1, -0.05) is 18.7 Å². The summed E-state index contributed by atoms with van der Waals surface area (Å²) < 4.78 is 0. The monoisotopic (exact) mass is 374 g/mol. The van der Waals surface area contributed by atoms with Crippen molar-refractivity contribution in [2.75, 3.05) is 0 Å². The van der Waals surface area contributed by atoms with Gasteiger partial charge in [0.1, 0.15) is 5.65 Å². The SMILES string of the molecule is C=CC(=O)NC1CCC=C(c2ccnc3[nH]cc(-c4ccc(CO)nc4)c23)C1. The van der Waals surface area contributed by atoms with Crippen molar-refractivity contribution < 1.29 is 9.90 Å². The van der Waals surface area contributed by atoms with Gasteiger partial charge in [-0.3, -0.25) is 9.78 Å². The Balaban J connectivity index is 1.73. The number of H-pyrrole nitrogens is 1. The molecule has 1 aliphatic rings. The molecule has 0 fully saturated rings. The first kappa shape index (κ1) is 18.1. The van der Waals surface area contributed by atoms with E-state index in [9.17, 15) is 9.90 Å². The van der Waals surface area contributed by atoms with Gasteiger partial charge in [-0.2, -0.15) is 0 Å². The van der Waals surface area contributed by atoms with Gasteiger partial charge in [0.05, 0.1) is 12.3 Å². The molecule has 0 saturated carbocycles. The number of aromatic amines is 1. The van der Waals surface area contributed by atoms with Crippen LogP contribution in [0.25, 0.3) is 27.7 Å². The summed E-state index contributed by atoms with van der Waals surface area (Å²) in [5, 5.41) is 13.3. The lowest BCUT2D eigenvalue weighted by atomic mass is 9.88. The first-order valence-corrected chi connectivity index (χ1v) is 9.34. The highest BCUT2D eigenvalue weighted by Gasteiger charge is 2.21. The van der Waals surface area contributed by atoms with Crippen LogP contribution >= 0.6 is 0 Å². The number of amides is 1. The van der Waals surface area contributed by atoms with Crippen molar-refractivity contribution in [1.82, 2.24) is 20.3 Å². The zero-order valence-corrected chi connectivity index (χ0v) is 15.5. The number of hydrogen-bond donors (Lipinski definition) is 3. The molecule has 28 heavy (non-hydrogen) atoms. The van der Waals surface area contributed by atoms with Gasteiger partial charge >= 0.3 is 0 Å². The summed E-state index contributed by atoms with van der Waals surface area (Å²) in [6.07, 6.45) is 11.7. The van der Waals surface area contributed by atoms with Gasteiger partial charge < -0.3 is 15.4 Å². The number of hydrogen-bond acceptors (Lipinski definition) is 4. The van der Waals surface area contributed by atoms with Crippen molar-refractivity contribution in [2.45, 2.75) is 31.9 Å². The van der Waals surface area contributed by atoms with E-state index in [1.807, 2.05) is 24.4 Å². The van der Waals surface area contributed by atoms with Crippen LogP contribution in [0.5, 0.6) is 0 Å². The minimum Gasteiger partial charge on any atom is -0.390 e. The maximum Gasteiger partial charge on any atom is 0.243 e. The number of pyridine rings is 2. The Labute approximate surface area is 163 Å². The molecule has 1 amide bonds. The van der Waals surface area contributed by atoms with Crippen LogP contribution in [0.2, 0.25) is 0 Å². The fourth-order valence-electron chi connectivity index (χ4n) is 3.74. The molecule has 142 valence electrons. The Morgan fingerprint density at radius 3 is 2.96 bits per heavy atom. The van der Waals surface area contributed by atoms with Crippen LogP contribution in [0, 0.1) is 0 Å². The van der Waals surface area contributed by atoms with Gasteiger partial charge in [0, 0.05) is 41.1 Å². The standard InChI is InChI=1S/C22H22N4O2/c1-2-20(28)26-16-5-3-4-14(10-16)18-8-9-23-22-21(18)19(12-25-22)15-6-7-17(13-27)24-11-15/h2,4,6-9,11-12,16,27H,1,3,5,10,13H2,(H,23,25)(H,26,28). The number of allylic oxidation sites excluding steroid dienone is 1. The normalized spacial score (nSPS) is 16.6. The lowest BCUT2D eigenvalue weighted by Gasteiger charge is -2.24. The molecule has 1 unspecified atom stereocenters. The summed E-state index contributed by atoms with van der Waals surface area (Å²) in [6, 6.07) is 5.91. The molecule has 0 aromatic carbocycles. The fourth-order valence-corrected chi connectivity index (χ4v) is 3.74. The molecule has 1 atom stereocenters. The molecule has 0 radical (unpaired) electrons. The molecule has 3 N–H and O–H groups in total. The van der Waals surface area contributed by atoms with E-state index in [1.54, 1.807) is 12.4 Å². The van der Waals surface area contributed by atoms with Crippen LogP contribution in [-0.4, -0.2) is 32.0 Å². The third kappa shape index (κ3) is 3.46. The summed E-state index contributed by atoms with van der Waals surface area (Å²) in [5.41, 5.74) is 5.76. The molecular formula is C22H22N4O2. The quantitative estimate of drug-likeness (QED) is 0.597. The smallest absolute Gasteiger partial charge is 0.243 e. The Kier molecular flexibility index (Phi) is 5.04. The van der Waals surface area contributed by atoms with Crippen molar-refractivity contribution >= 4 is 22.5 Å². The Hall–Kier alpha value is -3.25. The number of carbonyl (C=O) groups is 1. The molecule has 0 bridgehead atoms. The van der Waals surface area contributed by atoms with Crippen molar-refractivity contribution in [3.8, 4) is 11.1 Å². The average molecular weight is 374 g/mol. The number of fused-ring (bicyclic) bond motifs is 1. The molecule has 3 heterocycles. The van der Waals surface area contributed by atoms with Crippen molar-refractivity contribution in [3.63, 3.8) is 0 Å². The van der Waals surface area contributed by atoms with E-state index in [4.69, 9.17) is 0 Å². The first-order chi connectivity index (χ1) is 13.7. The van der Waals surface area contributed by atoms with E-state index >= 15 is 0 Å². The van der Waals surface area contributed by atoms with Crippen LogP contribution in [0.15, 0.2) is 55.5 Å². The van der Waals surface area contributed by atoms with E-state index in [1.165, 1.54) is 11.6 Å². The van der Waals surface area contributed by atoms with E-state index in [2.05, 4.69) is 32.9 Å². The molecule has 4 rings (SSSR count). The predicted octanol–water partition coefficient (Wildman–Crippen LogP) is 3.36. The van der Waals surface area contributed by atoms with E-state index in [0.717, 1.165) is 47.0 Å². The third-order valence-electron chi connectivity index (χ3n) is 5.12. The summed E-state index contributed by atoms with van der Waals surface area (Å²) in [7, 11) is 0. The van der Waals surface area contributed by atoms with Gasteiger partial charge in [-0.05, 0) is 48.6 Å². The molecule has 0 spiro atoms. The highest BCUT2D eigenvalue weighted by atomic mass is 16.3. The zero-order chi connectivity index (χ0) is 19.5. The van der Waals surface area contributed by atoms with Crippen molar-refractivity contribution in [3.05, 3.63) is 66.8 Å². The highest BCUT2D eigenvalue weighted by Crippen LogP contribution is 2.36. The number of aliphatic hydroxyl groups excluding tert-OH is 1. The minimum atomic E-state index is -0.136.